The summed E-state index contributed by atoms with van der Waals surface area (Å²) in [6.07, 6.45) is -2.73. The van der Waals surface area contributed by atoms with Crippen molar-refractivity contribution in [2.45, 2.75) is 38.4 Å². The highest BCUT2D eigenvalue weighted by Gasteiger charge is 2.31. The molecule has 1 aromatic carbocycles. The van der Waals surface area contributed by atoms with E-state index in [2.05, 4.69) is 10.2 Å². The Hall–Kier alpha value is -1.85. The fourth-order valence-corrected chi connectivity index (χ4v) is 2.70. The maximum Gasteiger partial charge on any atom is 0.416 e. The number of benzene rings is 1. The molecule has 0 saturated heterocycles. The average molecular weight is 281 g/mol. The van der Waals surface area contributed by atoms with Gasteiger partial charge >= 0.3 is 6.18 Å². The van der Waals surface area contributed by atoms with Gasteiger partial charge in [0.15, 0.2) is 0 Å². The summed E-state index contributed by atoms with van der Waals surface area (Å²) in [7, 11) is 0. The molecule has 1 atom stereocenters. The van der Waals surface area contributed by atoms with E-state index in [1.165, 1.54) is 12.1 Å². The molecular formula is C14H14F3N3. The Bertz CT molecular complexity index is 631. The van der Waals surface area contributed by atoms with Gasteiger partial charge in [0.1, 0.15) is 11.6 Å². The summed E-state index contributed by atoms with van der Waals surface area (Å²) in [5.41, 5.74) is 0.153. The molecule has 2 heterocycles. The summed E-state index contributed by atoms with van der Waals surface area (Å²) >= 11 is 0. The van der Waals surface area contributed by atoms with Gasteiger partial charge in [-0.25, -0.2) is 0 Å². The van der Waals surface area contributed by atoms with Crippen LogP contribution in [-0.4, -0.2) is 14.8 Å². The van der Waals surface area contributed by atoms with Gasteiger partial charge in [-0.2, -0.15) is 13.2 Å². The van der Waals surface area contributed by atoms with Crippen LogP contribution >= 0.6 is 0 Å². The lowest BCUT2D eigenvalue weighted by Gasteiger charge is -2.24. The SMILES string of the molecule is Cc1nnc2n1CC(c1cccc(C(F)(F)F)c1)CC2. The Balaban J connectivity index is 1.90. The highest BCUT2D eigenvalue weighted by atomic mass is 19.4. The van der Waals surface area contributed by atoms with Gasteiger partial charge in [0.25, 0.3) is 0 Å². The molecule has 1 unspecified atom stereocenters. The average Bonchev–Trinajstić information content (AvgIpc) is 2.79. The minimum atomic E-state index is -4.29. The lowest BCUT2D eigenvalue weighted by Crippen LogP contribution is -2.20. The molecule has 1 aliphatic heterocycles. The van der Waals surface area contributed by atoms with Crippen molar-refractivity contribution in [1.82, 2.24) is 14.8 Å². The molecule has 0 bridgehead atoms. The highest BCUT2D eigenvalue weighted by Crippen LogP contribution is 2.34. The Morgan fingerprint density at radius 2 is 2.05 bits per heavy atom. The largest absolute Gasteiger partial charge is 0.416 e. The van der Waals surface area contributed by atoms with Crippen molar-refractivity contribution in [2.24, 2.45) is 0 Å². The van der Waals surface area contributed by atoms with Crippen molar-refractivity contribution < 1.29 is 13.2 Å². The quantitative estimate of drug-likeness (QED) is 0.802. The molecule has 0 amide bonds. The van der Waals surface area contributed by atoms with Crippen molar-refractivity contribution in [1.29, 1.82) is 0 Å². The zero-order chi connectivity index (χ0) is 14.3. The predicted octanol–water partition coefficient (Wildman–Crippen LogP) is 3.34. The van der Waals surface area contributed by atoms with Gasteiger partial charge in [0.2, 0.25) is 0 Å². The molecule has 3 nitrogen and oxygen atoms in total. The first-order valence-electron chi connectivity index (χ1n) is 6.51. The first-order chi connectivity index (χ1) is 9.45. The first-order valence-corrected chi connectivity index (χ1v) is 6.51. The van der Waals surface area contributed by atoms with Crippen molar-refractivity contribution in [2.75, 3.05) is 0 Å². The van der Waals surface area contributed by atoms with Crippen LogP contribution in [0.2, 0.25) is 0 Å². The van der Waals surface area contributed by atoms with Gasteiger partial charge in [-0.05, 0) is 25.0 Å². The van der Waals surface area contributed by atoms with E-state index in [0.29, 0.717) is 6.54 Å². The number of alkyl halides is 3. The van der Waals surface area contributed by atoms with Gasteiger partial charge in [-0.3, -0.25) is 0 Å². The van der Waals surface area contributed by atoms with E-state index in [-0.39, 0.29) is 5.92 Å². The zero-order valence-electron chi connectivity index (χ0n) is 11.0. The summed E-state index contributed by atoms with van der Waals surface area (Å²) in [5.74, 6) is 1.82. The van der Waals surface area contributed by atoms with Gasteiger partial charge in [0.05, 0.1) is 5.56 Å². The molecule has 6 heteroatoms. The molecule has 0 radical (unpaired) electrons. The number of hydrogen-bond acceptors (Lipinski definition) is 2. The Morgan fingerprint density at radius 3 is 2.80 bits per heavy atom. The second-order valence-corrected chi connectivity index (χ2v) is 5.13. The smallest absolute Gasteiger partial charge is 0.315 e. The molecule has 0 saturated carbocycles. The molecule has 20 heavy (non-hydrogen) atoms. The van der Waals surface area contributed by atoms with Crippen LogP contribution in [0.3, 0.4) is 0 Å². The van der Waals surface area contributed by atoms with Gasteiger partial charge in [-0.15, -0.1) is 10.2 Å². The maximum atomic E-state index is 12.8. The van der Waals surface area contributed by atoms with Crippen molar-refractivity contribution in [3.05, 3.63) is 47.0 Å². The van der Waals surface area contributed by atoms with Gasteiger partial charge in [0, 0.05) is 18.9 Å². The normalized spacial score (nSPS) is 18.9. The molecule has 1 aliphatic rings. The number of aromatic nitrogens is 3. The number of fused-ring (bicyclic) bond motifs is 1. The Labute approximate surface area is 114 Å². The number of rotatable bonds is 1. The zero-order valence-corrected chi connectivity index (χ0v) is 11.0. The number of hydrogen-bond donors (Lipinski definition) is 0. The van der Waals surface area contributed by atoms with E-state index in [1.807, 2.05) is 11.5 Å². The molecule has 0 aliphatic carbocycles. The molecule has 1 aromatic heterocycles. The van der Waals surface area contributed by atoms with E-state index in [4.69, 9.17) is 0 Å². The van der Waals surface area contributed by atoms with E-state index in [9.17, 15) is 13.2 Å². The molecule has 3 rings (SSSR count). The lowest BCUT2D eigenvalue weighted by atomic mass is 9.90. The Morgan fingerprint density at radius 1 is 1.25 bits per heavy atom. The van der Waals surface area contributed by atoms with E-state index < -0.39 is 11.7 Å². The van der Waals surface area contributed by atoms with Gasteiger partial charge < -0.3 is 4.57 Å². The summed E-state index contributed by atoms with van der Waals surface area (Å²) in [5, 5.41) is 8.09. The number of halogens is 3. The van der Waals surface area contributed by atoms with Gasteiger partial charge in [-0.1, -0.05) is 18.2 Å². The highest BCUT2D eigenvalue weighted by molar-refractivity contribution is 5.29. The molecule has 106 valence electrons. The van der Waals surface area contributed by atoms with Crippen LogP contribution in [-0.2, 0) is 19.1 Å². The van der Waals surface area contributed by atoms with Crippen LogP contribution in [0.1, 0.15) is 35.1 Å². The third kappa shape index (κ3) is 2.30. The topological polar surface area (TPSA) is 30.7 Å². The maximum absolute atomic E-state index is 12.8. The van der Waals surface area contributed by atoms with Crippen LogP contribution < -0.4 is 0 Å². The monoisotopic (exact) mass is 281 g/mol. The lowest BCUT2D eigenvalue weighted by molar-refractivity contribution is -0.137. The predicted molar refractivity (Wildman–Crippen MR) is 67.3 cm³/mol. The summed E-state index contributed by atoms with van der Waals surface area (Å²) in [6.45, 7) is 2.51. The van der Waals surface area contributed by atoms with Crippen molar-refractivity contribution in [3.8, 4) is 0 Å². The van der Waals surface area contributed by atoms with Crippen LogP contribution in [0.15, 0.2) is 24.3 Å². The summed E-state index contributed by atoms with van der Waals surface area (Å²) in [6, 6.07) is 5.62. The van der Waals surface area contributed by atoms with Crippen LogP contribution in [0.4, 0.5) is 13.2 Å². The van der Waals surface area contributed by atoms with Crippen LogP contribution in [0.5, 0.6) is 0 Å². The first kappa shape index (κ1) is 13.1. The minimum absolute atomic E-state index is 0.0829. The molecular weight excluding hydrogens is 267 g/mol. The van der Waals surface area contributed by atoms with E-state index in [1.54, 1.807) is 6.07 Å². The number of aryl methyl sites for hydroxylation is 2. The van der Waals surface area contributed by atoms with Crippen LogP contribution in [0, 0.1) is 6.92 Å². The van der Waals surface area contributed by atoms with Crippen molar-refractivity contribution in [3.63, 3.8) is 0 Å². The van der Waals surface area contributed by atoms with E-state index >= 15 is 0 Å². The molecule has 0 fully saturated rings. The third-order valence-electron chi connectivity index (χ3n) is 3.82. The summed E-state index contributed by atoms with van der Waals surface area (Å²) in [4.78, 5) is 0. The van der Waals surface area contributed by atoms with E-state index in [0.717, 1.165) is 36.1 Å². The van der Waals surface area contributed by atoms with Crippen molar-refractivity contribution >= 4 is 0 Å². The van der Waals surface area contributed by atoms with Crippen LogP contribution in [0.25, 0.3) is 0 Å². The fourth-order valence-electron chi connectivity index (χ4n) is 2.70. The second kappa shape index (κ2) is 4.61. The Kier molecular flexibility index (Phi) is 3.03. The third-order valence-corrected chi connectivity index (χ3v) is 3.82. The summed E-state index contributed by atoms with van der Waals surface area (Å²) < 4.78 is 40.3. The number of nitrogens with zero attached hydrogens (tertiary/aromatic N) is 3. The second-order valence-electron chi connectivity index (χ2n) is 5.13. The minimum Gasteiger partial charge on any atom is -0.315 e. The molecule has 0 spiro atoms. The standard InChI is InChI=1S/C14H14F3N3/c1-9-18-19-13-6-5-11(8-20(9)13)10-3-2-4-12(7-10)14(15,16)17/h2-4,7,11H,5-6,8H2,1H3. The molecule has 2 aromatic rings. The molecule has 0 N–H and O–H groups in total. The fraction of sp³-hybridized carbons (Fsp3) is 0.429.